The number of hydrogen-bond donors (Lipinski definition) is 4. The lowest BCUT2D eigenvalue weighted by Crippen LogP contribution is -2.52. The number of ketones is 1. The Morgan fingerprint density at radius 2 is 1.51 bits per heavy atom. The quantitative estimate of drug-likeness (QED) is 0.207. The van der Waals surface area contributed by atoms with Gasteiger partial charge >= 0.3 is 7.82 Å². The summed E-state index contributed by atoms with van der Waals surface area (Å²) in [6.07, 6.45) is 3.71. The van der Waals surface area contributed by atoms with Crippen LogP contribution in [0.4, 0.5) is 0 Å². The topological polar surface area (TPSA) is 142 Å². The van der Waals surface area contributed by atoms with E-state index in [9.17, 15) is 18.9 Å². The van der Waals surface area contributed by atoms with Crippen molar-refractivity contribution in [2.45, 2.75) is 57.5 Å². The lowest BCUT2D eigenvalue weighted by Gasteiger charge is -2.24. The van der Waals surface area contributed by atoms with E-state index in [-0.39, 0.29) is 23.9 Å². The van der Waals surface area contributed by atoms with E-state index in [0.717, 1.165) is 36.0 Å². The molecule has 1 aliphatic carbocycles. The third kappa shape index (κ3) is 9.11. The molecule has 0 bridgehead atoms. The van der Waals surface area contributed by atoms with Crippen molar-refractivity contribution in [3.05, 3.63) is 90.0 Å². The summed E-state index contributed by atoms with van der Waals surface area (Å²) in [6.45, 7) is 1.31. The highest BCUT2D eigenvalue weighted by atomic mass is 31.2. The summed E-state index contributed by atoms with van der Waals surface area (Å²) < 4.78 is 15.6. The minimum atomic E-state index is -4.69. The Hall–Kier alpha value is -3.78. The number of amides is 2. The van der Waals surface area contributed by atoms with E-state index in [1.165, 1.54) is 19.1 Å². The lowest BCUT2D eigenvalue weighted by molar-refractivity contribution is -0.132. The van der Waals surface area contributed by atoms with Crippen molar-refractivity contribution in [1.82, 2.24) is 10.6 Å². The van der Waals surface area contributed by atoms with Crippen LogP contribution in [0.5, 0.6) is 5.75 Å². The van der Waals surface area contributed by atoms with Crippen LogP contribution in [0.3, 0.4) is 0 Å². The first kappa shape index (κ1) is 30.2. The Balaban J connectivity index is 1.41. The van der Waals surface area contributed by atoms with E-state index in [1.807, 2.05) is 18.2 Å². The van der Waals surface area contributed by atoms with Crippen molar-refractivity contribution in [3.63, 3.8) is 0 Å². The van der Waals surface area contributed by atoms with Crippen LogP contribution < -0.4 is 15.2 Å². The van der Waals surface area contributed by atoms with Crippen LogP contribution in [-0.2, 0) is 31.8 Å². The second kappa shape index (κ2) is 13.7. The van der Waals surface area contributed by atoms with Gasteiger partial charge in [0.05, 0.1) is 6.04 Å². The van der Waals surface area contributed by atoms with Gasteiger partial charge in [-0.1, -0.05) is 79.6 Å². The predicted molar refractivity (Wildman–Crippen MR) is 155 cm³/mol. The molecule has 0 saturated heterocycles. The van der Waals surface area contributed by atoms with Crippen LogP contribution in [0.1, 0.15) is 43.7 Å². The van der Waals surface area contributed by atoms with E-state index in [0.29, 0.717) is 18.4 Å². The molecular formula is C31H35N2O7P. The Morgan fingerprint density at radius 3 is 2.15 bits per heavy atom. The number of carbonyl (C=O) groups excluding carboxylic acids is 3. The van der Waals surface area contributed by atoms with Crippen LogP contribution >= 0.6 is 7.82 Å². The van der Waals surface area contributed by atoms with Crippen molar-refractivity contribution in [1.29, 1.82) is 0 Å². The fourth-order valence-corrected chi connectivity index (χ4v) is 5.59. The van der Waals surface area contributed by atoms with Crippen molar-refractivity contribution >= 4 is 25.4 Å². The zero-order valence-corrected chi connectivity index (χ0v) is 23.8. The normalized spacial score (nSPS) is 18.2. The minimum Gasteiger partial charge on any atom is -0.404 e. The van der Waals surface area contributed by atoms with Gasteiger partial charge in [0.15, 0.2) is 5.78 Å². The van der Waals surface area contributed by atoms with E-state index in [4.69, 9.17) is 9.79 Å². The molecule has 4 rings (SSSR count). The molecule has 3 atom stereocenters. The SMILES string of the molecule is CC(=O)NC(Cc1ccc(OP(=O)(O)O)cc1)C(=O)NC1CCCCC(Cc2ccc(-c3ccccc3)cc2)C1=O. The molecule has 0 heterocycles. The number of phosphoric acid groups is 1. The van der Waals surface area contributed by atoms with Crippen LogP contribution in [0.15, 0.2) is 78.9 Å². The van der Waals surface area contributed by atoms with E-state index < -0.39 is 31.7 Å². The standard InChI is InChI=1S/C31H35N2O7P/c1-21(34)32-29(20-23-13-17-27(18-14-23)40-41(37,38)39)31(36)33-28-10-6-5-9-26(30(28)35)19-22-11-15-25(16-12-22)24-7-3-2-4-8-24/h2-4,7-8,11-18,26,28-29H,5-6,9-10,19-20H2,1H3,(H,32,34)(H,33,36)(H2,37,38,39). The van der Waals surface area contributed by atoms with Crippen molar-refractivity contribution in [3.8, 4) is 16.9 Å². The average Bonchev–Trinajstić information content (AvgIpc) is 3.10. The summed E-state index contributed by atoms with van der Waals surface area (Å²) in [6, 6.07) is 22.6. The molecule has 3 aromatic rings. The summed E-state index contributed by atoms with van der Waals surface area (Å²) in [5.74, 6) is -1.08. The number of hydrogen-bond acceptors (Lipinski definition) is 5. The van der Waals surface area contributed by atoms with Gasteiger partial charge < -0.3 is 15.2 Å². The van der Waals surface area contributed by atoms with Gasteiger partial charge in [0, 0.05) is 19.3 Å². The summed E-state index contributed by atoms with van der Waals surface area (Å²) in [7, 11) is -4.69. The third-order valence-electron chi connectivity index (χ3n) is 7.18. The predicted octanol–water partition coefficient (Wildman–Crippen LogP) is 4.36. The Bertz CT molecular complexity index is 1390. The zero-order valence-electron chi connectivity index (χ0n) is 22.9. The minimum absolute atomic E-state index is 0.00324. The zero-order chi connectivity index (χ0) is 29.4. The van der Waals surface area contributed by atoms with Gasteiger partial charge in [0.1, 0.15) is 11.8 Å². The summed E-state index contributed by atoms with van der Waals surface area (Å²) in [4.78, 5) is 56.7. The molecule has 1 aliphatic rings. The highest BCUT2D eigenvalue weighted by molar-refractivity contribution is 7.46. The monoisotopic (exact) mass is 578 g/mol. The highest BCUT2D eigenvalue weighted by Gasteiger charge is 2.32. The molecule has 9 nitrogen and oxygen atoms in total. The number of Topliss-reactive ketones (excluding diaryl/α,β-unsaturated/α-hetero) is 1. The molecule has 3 unspecified atom stereocenters. The molecule has 2 amide bonds. The Kier molecular flexibility index (Phi) is 10.1. The van der Waals surface area contributed by atoms with E-state index >= 15 is 0 Å². The van der Waals surface area contributed by atoms with E-state index in [2.05, 4.69) is 51.6 Å². The van der Waals surface area contributed by atoms with Crippen LogP contribution in [0.2, 0.25) is 0 Å². The number of carbonyl (C=O) groups is 3. The molecule has 4 N–H and O–H groups in total. The molecule has 41 heavy (non-hydrogen) atoms. The first-order valence-electron chi connectivity index (χ1n) is 13.7. The molecule has 10 heteroatoms. The number of rotatable bonds is 10. The molecular weight excluding hydrogens is 543 g/mol. The van der Waals surface area contributed by atoms with Gasteiger partial charge in [0.2, 0.25) is 11.8 Å². The van der Waals surface area contributed by atoms with Gasteiger partial charge in [-0.05, 0) is 53.6 Å². The molecule has 3 aromatic carbocycles. The van der Waals surface area contributed by atoms with Crippen molar-refractivity contribution in [2.75, 3.05) is 0 Å². The first-order chi connectivity index (χ1) is 19.6. The lowest BCUT2D eigenvalue weighted by atomic mass is 9.89. The van der Waals surface area contributed by atoms with Crippen LogP contribution in [0.25, 0.3) is 11.1 Å². The summed E-state index contributed by atoms with van der Waals surface area (Å²) in [5, 5.41) is 5.55. The largest absolute Gasteiger partial charge is 0.524 e. The maximum atomic E-state index is 13.5. The van der Waals surface area contributed by atoms with Crippen LogP contribution in [-0.4, -0.2) is 39.5 Å². The summed E-state index contributed by atoms with van der Waals surface area (Å²) >= 11 is 0. The van der Waals surface area contributed by atoms with Gasteiger partial charge in [-0.15, -0.1) is 0 Å². The molecule has 0 radical (unpaired) electrons. The van der Waals surface area contributed by atoms with Crippen LogP contribution in [0, 0.1) is 5.92 Å². The molecule has 0 spiro atoms. The maximum absolute atomic E-state index is 13.5. The van der Waals surface area contributed by atoms with E-state index in [1.54, 1.807) is 12.1 Å². The average molecular weight is 579 g/mol. The summed E-state index contributed by atoms with van der Waals surface area (Å²) in [5.41, 5.74) is 3.95. The first-order valence-corrected chi connectivity index (χ1v) is 15.2. The van der Waals surface area contributed by atoms with Gasteiger partial charge in [-0.3, -0.25) is 24.2 Å². The smallest absolute Gasteiger partial charge is 0.404 e. The van der Waals surface area contributed by atoms with Gasteiger partial charge in [-0.25, -0.2) is 4.57 Å². The van der Waals surface area contributed by atoms with Crippen molar-refractivity contribution in [2.24, 2.45) is 5.92 Å². The molecule has 1 saturated carbocycles. The van der Waals surface area contributed by atoms with Crippen molar-refractivity contribution < 1.29 is 33.3 Å². The van der Waals surface area contributed by atoms with Gasteiger partial charge in [0.25, 0.3) is 0 Å². The third-order valence-corrected chi connectivity index (χ3v) is 7.63. The number of nitrogens with one attached hydrogen (secondary N) is 2. The number of phosphoric ester groups is 1. The fourth-order valence-electron chi connectivity index (χ4n) is 5.19. The molecule has 216 valence electrons. The second-order valence-corrected chi connectivity index (χ2v) is 11.6. The Labute approximate surface area is 239 Å². The molecule has 0 aliphatic heterocycles. The fraction of sp³-hybridized carbons (Fsp3) is 0.323. The maximum Gasteiger partial charge on any atom is 0.524 e. The Morgan fingerprint density at radius 1 is 0.902 bits per heavy atom. The number of benzene rings is 3. The highest BCUT2D eigenvalue weighted by Crippen LogP contribution is 2.37. The van der Waals surface area contributed by atoms with Gasteiger partial charge in [-0.2, -0.15) is 0 Å². The molecule has 1 fully saturated rings. The second-order valence-electron chi connectivity index (χ2n) is 10.4. The molecule has 0 aromatic heterocycles.